The predicted molar refractivity (Wildman–Crippen MR) is 105 cm³/mol. The van der Waals surface area contributed by atoms with Gasteiger partial charge in [-0.3, -0.25) is 9.48 Å². The van der Waals surface area contributed by atoms with Crippen LogP contribution in [0.5, 0.6) is 11.5 Å². The predicted octanol–water partition coefficient (Wildman–Crippen LogP) is 4.19. The van der Waals surface area contributed by atoms with E-state index < -0.39 is 12.5 Å². The molecule has 0 fully saturated rings. The largest absolute Gasteiger partial charge is 0.493 e. The molecule has 0 saturated carbocycles. The van der Waals surface area contributed by atoms with Crippen molar-refractivity contribution in [1.82, 2.24) is 9.78 Å². The van der Waals surface area contributed by atoms with E-state index in [1.54, 1.807) is 29.1 Å². The summed E-state index contributed by atoms with van der Waals surface area (Å²) >= 11 is 0. The van der Waals surface area contributed by atoms with E-state index in [1.165, 1.54) is 25.3 Å². The number of halogens is 2. The minimum absolute atomic E-state index is 0.129. The number of nitrogens with one attached hydrogen (secondary N) is 1. The van der Waals surface area contributed by atoms with Gasteiger partial charge in [0.05, 0.1) is 13.7 Å². The van der Waals surface area contributed by atoms with Crippen LogP contribution in [0.2, 0.25) is 0 Å². The van der Waals surface area contributed by atoms with Gasteiger partial charge in [0.15, 0.2) is 11.5 Å². The molecule has 2 aromatic carbocycles. The molecular formula is C21H19F2N3O3. The Labute approximate surface area is 166 Å². The van der Waals surface area contributed by atoms with Crippen LogP contribution in [0.1, 0.15) is 11.1 Å². The number of hydrogen-bond donors (Lipinski definition) is 1. The van der Waals surface area contributed by atoms with Crippen molar-refractivity contribution in [3.05, 3.63) is 78.1 Å². The summed E-state index contributed by atoms with van der Waals surface area (Å²) < 4.78 is 36.7. The number of carbonyl (C=O) groups is 1. The van der Waals surface area contributed by atoms with Gasteiger partial charge in [-0.15, -0.1) is 0 Å². The normalized spacial score (nSPS) is 11.0. The van der Waals surface area contributed by atoms with Crippen LogP contribution in [0.3, 0.4) is 0 Å². The Morgan fingerprint density at radius 1 is 1.24 bits per heavy atom. The molecule has 0 aliphatic rings. The van der Waals surface area contributed by atoms with Crippen LogP contribution >= 0.6 is 0 Å². The van der Waals surface area contributed by atoms with Crippen LogP contribution in [-0.2, 0) is 11.3 Å². The number of aromatic nitrogens is 2. The molecule has 3 aromatic rings. The summed E-state index contributed by atoms with van der Waals surface area (Å²) in [5, 5.41) is 6.90. The Morgan fingerprint density at radius 2 is 2.07 bits per heavy atom. The second-order valence-corrected chi connectivity index (χ2v) is 5.98. The van der Waals surface area contributed by atoms with Gasteiger partial charge in [0.1, 0.15) is 0 Å². The SMILES string of the molecule is COc1cccc(/C=C/C(=O)Nc2cccc(Cn3cccn3)c2)c1OC(F)F. The zero-order valence-corrected chi connectivity index (χ0v) is 15.6. The van der Waals surface area contributed by atoms with Gasteiger partial charge < -0.3 is 14.8 Å². The molecule has 8 heteroatoms. The number of amides is 1. The first-order chi connectivity index (χ1) is 14.0. The van der Waals surface area contributed by atoms with Gasteiger partial charge in [0, 0.05) is 29.7 Å². The summed E-state index contributed by atoms with van der Waals surface area (Å²) in [6, 6.07) is 13.9. The lowest BCUT2D eigenvalue weighted by Crippen LogP contribution is -2.09. The minimum atomic E-state index is -3.01. The van der Waals surface area contributed by atoms with Crippen molar-refractivity contribution in [3.63, 3.8) is 0 Å². The third-order valence-electron chi connectivity index (χ3n) is 3.95. The summed E-state index contributed by atoms with van der Waals surface area (Å²) in [5.41, 5.74) is 1.88. The van der Waals surface area contributed by atoms with Gasteiger partial charge in [-0.2, -0.15) is 13.9 Å². The van der Waals surface area contributed by atoms with Gasteiger partial charge >= 0.3 is 6.61 Å². The van der Waals surface area contributed by atoms with Crippen LogP contribution in [0, 0.1) is 0 Å². The molecule has 1 N–H and O–H groups in total. The Morgan fingerprint density at radius 3 is 2.79 bits per heavy atom. The first kappa shape index (κ1) is 20.1. The first-order valence-corrected chi connectivity index (χ1v) is 8.72. The molecule has 0 bridgehead atoms. The molecule has 0 aliphatic heterocycles. The molecule has 1 heterocycles. The molecule has 0 radical (unpaired) electrons. The number of nitrogens with zero attached hydrogens (tertiary/aromatic N) is 2. The zero-order valence-electron chi connectivity index (χ0n) is 15.6. The fourth-order valence-corrected chi connectivity index (χ4v) is 2.72. The maximum Gasteiger partial charge on any atom is 0.387 e. The summed E-state index contributed by atoms with van der Waals surface area (Å²) in [7, 11) is 1.35. The van der Waals surface area contributed by atoms with Crippen LogP contribution in [0.4, 0.5) is 14.5 Å². The summed E-state index contributed by atoms with van der Waals surface area (Å²) in [4.78, 5) is 12.3. The van der Waals surface area contributed by atoms with E-state index in [0.29, 0.717) is 17.8 Å². The monoisotopic (exact) mass is 399 g/mol. The second-order valence-electron chi connectivity index (χ2n) is 5.98. The topological polar surface area (TPSA) is 65.4 Å². The lowest BCUT2D eigenvalue weighted by Gasteiger charge is -2.12. The average Bonchev–Trinajstić information content (AvgIpc) is 3.20. The molecule has 150 valence electrons. The van der Waals surface area contributed by atoms with Crippen LogP contribution in [0.15, 0.2) is 67.0 Å². The minimum Gasteiger partial charge on any atom is -0.493 e. The lowest BCUT2D eigenvalue weighted by molar-refractivity contribution is -0.111. The first-order valence-electron chi connectivity index (χ1n) is 8.72. The number of ether oxygens (including phenoxy) is 2. The standard InChI is InChI=1S/C21H19F2N3O3/c1-28-18-8-3-6-16(20(18)29-21(22)23)9-10-19(27)25-17-7-2-5-15(13-17)14-26-12-4-11-24-26/h2-13,21H,14H2,1H3,(H,25,27)/b10-9+. The molecule has 29 heavy (non-hydrogen) atoms. The van der Waals surface area contributed by atoms with Crippen molar-refractivity contribution in [2.24, 2.45) is 0 Å². The van der Waals surface area contributed by atoms with E-state index in [9.17, 15) is 13.6 Å². The van der Waals surface area contributed by atoms with E-state index >= 15 is 0 Å². The quantitative estimate of drug-likeness (QED) is 0.577. The summed E-state index contributed by atoms with van der Waals surface area (Å²) in [6.07, 6.45) is 6.18. The van der Waals surface area contributed by atoms with Crippen molar-refractivity contribution in [2.45, 2.75) is 13.2 Å². The fraction of sp³-hybridized carbons (Fsp3) is 0.143. The van der Waals surface area contributed by atoms with Gasteiger partial charge in [-0.25, -0.2) is 0 Å². The molecule has 0 spiro atoms. The number of hydrogen-bond acceptors (Lipinski definition) is 4. The van der Waals surface area contributed by atoms with E-state index in [0.717, 1.165) is 5.56 Å². The van der Waals surface area contributed by atoms with Crippen LogP contribution < -0.4 is 14.8 Å². The van der Waals surface area contributed by atoms with Crippen molar-refractivity contribution in [2.75, 3.05) is 12.4 Å². The zero-order chi connectivity index (χ0) is 20.6. The number of alkyl halides is 2. The molecule has 1 aromatic heterocycles. The number of anilines is 1. The van der Waals surface area contributed by atoms with Crippen LogP contribution in [0.25, 0.3) is 6.08 Å². The molecule has 1 amide bonds. The van der Waals surface area contributed by atoms with E-state index in [-0.39, 0.29) is 11.5 Å². The molecule has 0 unspecified atom stereocenters. The number of benzene rings is 2. The van der Waals surface area contributed by atoms with Crippen molar-refractivity contribution in [1.29, 1.82) is 0 Å². The Bertz CT molecular complexity index is 989. The smallest absolute Gasteiger partial charge is 0.387 e. The van der Waals surface area contributed by atoms with Gasteiger partial charge in [0.25, 0.3) is 0 Å². The molecular weight excluding hydrogens is 380 g/mol. The average molecular weight is 399 g/mol. The molecule has 3 rings (SSSR count). The highest BCUT2D eigenvalue weighted by atomic mass is 19.3. The Hall–Kier alpha value is -3.68. The summed E-state index contributed by atoms with van der Waals surface area (Å²) in [5.74, 6) is -0.387. The molecule has 0 saturated heterocycles. The third-order valence-corrected chi connectivity index (χ3v) is 3.95. The molecule has 6 nitrogen and oxygen atoms in total. The second kappa shape index (κ2) is 9.50. The number of para-hydroxylation sites is 1. The van der Waals surface area contributed by atoms with Crippen molar-refractivity contribution >= 4 is 17.7 Å². The van der Waals surface area contributed by atoms with Gasteiger partial charge in [0.2, 0.25) is 5.91 Å². The van der Waals surface area contributed by atoms with Gasteiger partial charge in [-0.05, 0) is 35.9 Å². The number of rotatable bonds is 8. The van der Waals surface area contributed by atoms with E-state index in [4.69, 9.17) is 4.74 Å². The van der Waals surface area contributed by atoms with Crippen LogP contribution in [-0.4, -0.2) is 29.4 Å². The van der Waals surface area contributed by atoms with Crippen molar-refractivity contribution in [3.8, 4) is 11.5 Å². The van der Waals surface area contributed by atoms with Gasteiger partial charge in [-0.1, -0.05) is 24.3 Å². The summed E-state index contributed by atoms with van der Waals surface area (Å²) in [6.45, 7) is -2.44. The fourth-order valence-electron chi connectivity index (χ4n) is 2.72. The highest BCUT2D eigenvalue weighted by Gasteiger charge is 2.14. The third kappa shape index (κ3) is 5.65. The van der Waals surface area contributed by atoms with E-state index in [2.05, 4.69) is 15.2 Å². The highest BCUT2D eigenvalue weighted by molar-refractivity contribution is 6.02. The highest BCUT2D eigenvalue weighted by Crippen LogP contribution is 2.33. The number of carbonyl (C=O) groups excluding carboxylic acids is 1. The maximum atomic E-state index is 12.7. The Kier molecular flexibility index (Phi) is 6.57. The lowest BCUT2D eigenvalue weighted by atomic mass is 10.1. The van der Waals surface area contributed by atoms with E-state index in [1.807, 2.05) is 30.5 Å². The number of methoxy groups -OCH3 is 1. The Balaban J connectivity index is 1.70. The maximum absolute atomic E-state index is 12.7. The molecule has 0 aliphatic carbocycles. The molecule has 0 atom stereocenters. The van der Waals surface area contributed by atoms with Crippen molar-refractivity contribution < 1.29 is 23.0 Å².